The fourth-order valence-electron chi connectivity index (χ4n) is 4.15. The van der Waals surface area contributed by atoms with Crippen molar-refractivity contribution in [3.05, 3.63) is 24.0 Å². The zero-order valence-electron chi connectivity index (χ0n) is 13.4. The molecule has 1 saturated carbocycles. The van der Waals surface area contributed by atoms with Crippen molar-refractivity contribution in [1.82, 2.24) is 9.47 Å². The molecule has 3 heteroatoms. The molecule has 0 unspecified atom stereocenters. The zero-order valence-corrected chi connectivity index (χ0v) is 13.4. The molecule has 2 aliphatic rings. The lowest BCUT2D eigenvalue weighted by Gasteiger charge is -2.27. The molecule has 1 atom stereocenters. The summed E-state index contributed by atoms with van der Waals surface area (Å²) in [5, 5.41) is 0. The normalized spacial score (nSPS) is 24.0. The van der Waals surface area contributed by atoms with E-state index in [0.29, 0.717) is 6.04 Å². The molecule has 1 aromatic heterocycles. The van der Waals surface area contributed by atoms with Crippen LogP contribution in [0.1, 0.15) is 68.9 Å². The number of likely N-dealkylation sites (tertiary alicyclic amines) is 1. The lowest BCUT2D eigenvalue weighted by Crippen LogP contribution is -2.32. The number of amides is 1. The predicted molar refractivity (Wildman–Crippen MR) is 85.4 cm³/mol. The van der Waals surface area contributed by atoms with Gasteiger partial charge in [-0.3, -0.25) is 4.79 Å². The second-order valence-electron chi connectivity index (χ2n) is 7.09. The van der Waals surface area contributed by atoms with E-state index in [4.69, 9.17) is 0 Å². The molecule has 21 heavy (non-hydrogen) atoms. The third-order valence-corrected chi connectivity index (χ3v) is 5.38. The summed E-state index contributed by atoms with van der Waals surface area (Å²) in [6, 6.07) is 4.30. The Hall–Kier alpha value is -1.25. The molecule has 116 valence electrons. The molecule has 3 nitrogen and oxygen atoms in total. The van der Waals surface area contributed by atoms with Gasteiger partial charge in [-0.2, -0.15) is 0 Å². The van der Waals surface area contributed by atoms with Crippen molar-refractivity contribution >= 4 is 5.91 Å². The minimum atomic E-state index is 0.229. The number of carbonyl (C=O) groups is 1. The van der Waals surface area contributed by atoms with Crippen LogP contribution < -0.4 is 0 Å². The molecule has 1 aromatic rings. The van der Waals surface area contributed by atoms with Gasteiger partial charge in [0, 0.05) is 25.3 Å². The van der Waals surface area contributed by atoms with Crippen molar-refractivity contribution in [1.29, 1.82) is 0 Å². The van der Waals surface area contributed by atoms with Crippen molar-refractivity contribution < 1.29 is 4.79 Å². The van der Waals surface area contributed by atoms with E-state index in [9.17, 15) is 4.79 Å². The standard InChI is InChI=1S/C18H28N2O/c1-14(2)20-11-6-9-17(20)18(21)19-12-10-16(13-19)15-7-4-3-5-8-15/h6,9,11,14-16H,3-5,7-8,10,12-13H2,1-2H3/t16-/m0/s1. The molecular formula is C18H28N2O. The minimum absolute atomic E-state index is 0.229. The smallest absolute Gasteiger partial charge is 0.270 e. The van der Waals surface area contributed by atoms with Gasteiger partial charge in [0.1, 0.15) is 5.69 Å². The van der Waals surface area contributed by atoms with Crippen LogP contribution in [0.3, 0.4) is 0 Å². The lowest BCUT2D eigenvalue weighted by molar-refractivity contribution is 0.0767. The number of carbonyl (C=O) groups excluding carboxylic acids is 1. The lowest BCUT2D eigenvalue weighted by atomic mass is 9.80. The molecule has 0 N–H and O–H groups in total. The third-order valence-electron chi connectivity index (χ3n) is 5.38. The van der Waals surface area contributed by atoms with E-state index in [1.54, 1.807) is 0 Å². The van der Waals surface area contributed by atoms with Gasteiger partial charge < -0.3 is 9.47 Å². The molecule has 3 rings (SSSR count). The molecule has 1 aliphatic carbocycles. The molecule has 0 bridgehead atoms. The van der Waals surface area contributed by atoms with E-state index in [1.807, 2.05) is 18.3 Å². The first-order chi connectivity index (χ1) is 10.2. The maximum Gasteiger partial charge on any atom is 0.270 e. The van der Waals surface area contributed by atoms with Crippen LogP contribution in [0, 0.1) is 11.8 Å². The minimum Gasteiger partial charge on any atom is -0.341 e. The number of rotatable bonds is 3. The summed E-state index contributed by atoms with van der Waals surface area (Å²) in [5.41, 5.74) is 0.856. The highest BCUT2D eigenvalue weighted by atomic mass is 16.2. The maximum absolute atomic E-state index is 12.8. The number of hydrogen-bond donors (Lipinski definition) is 0. The van der Waals surface area contributed by atoms with Gasteiger partial charge in [-0.25, -0.2) is 0 Å². The van der Waals surface area contributed by atoms with Gasteiger partial charge in [0.05, 0.1) is 0 Å². The summed E-state index contributed by atoms with van der Waals surface area (Å²) >= 11 is 0. The molecule has 1 saturated heterocycles. The van der Waals surface area contributed by atoms with Crippen LogP contribution in [-0.2, 0) is 0 Å². The fourth-order valence-corrected chi connectivity index (χ4v) is 4.15. The Morgan fingerprint density at radius 1 is 1.14 bits per heavy atom. The van der Waals surface area contributed by atoms with Crippen molar-refractivity contribution in [2.75, 3.05) is 13.1 Å². The van der Waals surface area contributed by atoms with Crippen LogP contribution in [0.25, 0.3) is 0 Å². The highest BCUT2D eigenvalue weighted by molar-refractivity contribution is 5.93. The topological polar surface area (TPSA) is 25.2 Å². The second-order valence-corrected chi connectivity index (χ2v) is 7.09. The van der Waals surface area contributed by atoms with E-state index < -0.39 is 0 Å². The van der Waals surface area contributed by atoms with Crippen LogP contribution in [-0.4, -0.2) is 28.5 Å². The Labute approximate surface area is 128 Å². The number of aromatic nitrogens is 1. The second kappa shape index (κ2) is 6.25. The third kappa shape index (κ3) is 3.02. The molecule has 0 aromatic carbocycles. The zero-order chi connectivity index (χ0) is 14.8. The van der Waals surface area contributed by atoms with Gasteiger partial charge in [0.15, 0.2) is 0 Å². The fraction of sp³-hybridized carbons (Fsp3) is 0.722. The summed E-state index contributed by atoms with van der Waals surface area (Å²) in [6.07, 6.45) is 10.2. The van der Waals surface area contributed by atoms with Crippen molar-refractivity contribution in [2.24, 2.45) is 11.8 Å². The SMILES string of the molecule is CC(C)n1cccc1C(=O)N1CC[C@H](C2CCCCC2)C1. The van der Waals surface area contributed by atoms with Crippen LogP contribution in [0.4, 0.5) is 0 Å². The average molecular weight is 288 g/mol. The van der Waals surface area contributed by atoms with Crippen molar-refractivity contribution in [2.45, 2.75) is 58.4 Å². The Morgan fingerprint density at radius 2 is 1.90 bits per heavy atom. The number of hydrogen-bond acceptors (Lipinski definition) is 1. The summed E-state index contributed by atoms with van der Waals surface area (Å²) < 4.78 is 2.09. The summed E-state index contributed by atoms with van der Waals surface area (Å²) in [7, 11) is 0. The van der Waals surface area contributed by atoms with Gasteiger partial charge >= 0.3 is 0 Å². The first-order valence-corrected chi connectivity index (χ1v) is 8.63. The largest absolute Gasteiger partial charge is 0.341 e. The summed E-state index contributed by atoms with van der Waals surface area (Å²) in [5.74, 6) is 1.84. The highest BCUT2D eigenvalue weighted by Crippen LogP contribution is 2.35. The molecule has 2 fully saturated rings. The molecule has 0 radical (unpaired) electrons. The van der Waals surface area contributed by atoms with Crippen LogP contribution >= 0.6 is 0 Å². The Morgan fingerprint density at radius 3 is 2.62 bits per heavy atom. The van der Waals surface area contributed by atoms with Crippen LogP contribution in [0.15, 0.2) is 18.3 Å². The Balaban J connectivity index is 1.65. The first kappa shape index (κ1) is 14.7. The van der Waals surface area contributed by atoms with Gasteiger partial charge in [-0.15, -0.1) is 0 Å². The molecule has 0 spiro atoms. The van der Waals surface area contributed by atoms with E-state index in [-0.39, 0.29) is 5.91 Å². The van der Waals surface area contributed by atoms with Gasteiger partial charge in [0.2, 0.25) is 0 Å². The van der Waals surface area contributed by atoms with E-state index in [1.165, 1.54) is 38.5 Å². The molecule has 1 aliphatic heterocycles. The van der Waals surface area contributed by atoms with Crippen LogP contribution in [0.2, 0.25) is 0 Å². The maximum atomic E-state index is 12.8. The summed E-state index contributed by atoms with van der Waals surface area (Å²) in [6.45, 7) is 6.19. The highest BCUT2D eigenvalue weighted by Gasteiger charge is 2.33. The van der Waals surface area contributed by atoms with Gasteiger partial charge in [-0.05, 0) is 44.2 Å². The quantitative estimate of drug-likeness (QED) is 0.821. The van der Waals surface area contributed by atoms with Crippen molar-refractivity contribution in [3.8, 4) is 0 Å². The van der Waals surface area contributed by atoms with Gasteiger partial charge in [-0.1, -0.05) is 32.1 Å². The van der Waals surface area contributed by atoms with Crippen LogP contribution in [0.5, 0.6) is 0 Å². The van der Waals surface area contributed by atoms with E-state index >= 15 is 0 Å². The Kier molecular flexibility index (Phi) is 4.37. The molecular weight excluding hydrogens is 260 g/mol. The Bertz CT molecular complexity index is 485. The molecule has 1 amide bonds. The van der Waals surface area contributed by atoms with E-state index in [0.717, 1.165) is 30.6 Å². The average Bonchev–Trinajstić information content (AvgIpc) is 3.17. The molecule has 2 heterocycles. The van der Waals surface area contributed by atoms with Crippen molar-refractivity contribution in [3.63, 3.8) is 0 Å². The first-order valence-electron chi connectivity index (χ1n) is 8.63. The summed E-state index contributed by atoms with van der Waals surface area (Å²) in [4.78, 5) is 14.9. The monoisotopic (exact) mass is 288 g/mol. The number of nitrogens with zero attached hydrogens (tertiary/aromatic N) is 2. The van der Waals surface area contributed by atoms with Gasteiger partial charge in [0.25, 0.3) is 5.91 Å². The predicted octanol–water partition coefficient (Wildman–Crippen LogP) is 4.11. The van der Waals surface area contributed by atoms with E-state index in [2.05, 4.69) is 23.3 Å².